The Bertz CT molecular complexity index is 414. The fourth-order valence-corrected chi connectivity index (χ4v) is 1.96. The summed E-state index contributed by atoms with van der Waals surface area (Å²) >= 11 is 5.75. The van der Waals surface area contributed by atoms with Crippen molar-refractivity contribution in [1.29, 1.82) is 0 Å². The number of rotatable bonds is 5. The van der Waals surface area contributed by atoms with E-state index in [9.17, 15) is 9.18 Å². The summed E-state index contributed by atoms with van der Waals surface area (Å²) in [7, 11) is 0. The number of hydrogen-bond acceptors (Lipinski definition) is 2. The number of hydrogen-bond donors (Lipinski definition) is 2. The van der Waals surface area contributed by atoms with Crippen molar-refractivity contribution >= 4 is 17.5 Å². The van der Waals surface area contributed by atoms with Crippen LogP contribution in [-0.4, -0.2) is 12.5 Å². The Morgan fingerprint density at radius 2 is 2.24 bits per heavy atom. The zero-order chi connectivity index (χ0) is 12.4. The lowest BCUT2D eigenvalue weighted by Crippen LogP contribution is -2.34. The lowest BCUT2D eigenvalue weighted by atomic mass is 10.1. The van der Waals surface area contributed by atoms with Gasteiger partial charge in [-0.1, -0.05) is 11.6 Å². The first-order chi connectivity index (χ1) is 8.06. The number of carbonyl (C=O) groups is 1. The maximum absolute atomic E-state index is 13.2. The standard InChI is InChI=1S/C12H14ClFN2O/c13-9-3-8(4-10(14)5-9)11(12(15)17)16-6-7-1-2-7/h3-5,7,11,16H,1-2,6H2,(H2,15,17). The molecule has 17 heavy (non-hydrogen) atoms. The van der Waals surface area contributed by atoms with Crippen molar-refractivity contribution in [3.05, 3.63) is 34.6 Å². The van der Waals surface area contributed by atoms with Gasteiger partial charge in [-0.2, -0.15) is 0 Å². The third kappa shape index (κ3) is 3.41. The summed E-state index contributed by atoms with van der Waals surface area (Å²) in [5.74, 6) is -0.375. The van der Waals surface area contributed by atoms with Crippen molar-refractivity contribution in [3.63, 3.8) is 0 Å². The van der Waals surface area contributed by atoms with Crippen molar-refractivity contribution in [2.75, 3.05) is 6.54 Å². The number of nitrogens with two attached hydrogens (primary N) is 1. The van der Waals surface area contributed by atoms with E-state index in [4.69, 9.17) is 17.3 Å². The molecule has 1 atom stereocenters. The van der Waals surface area contributed by atoms with Crippen LogP contribution in [0.5, 0.6) is 0 Å². The minimum Gasteiger partial charge on any atom is -0.368 e. The largest absolute Gasteiger partial charge is 0.368 e. The molecule has 1 aromatic rings. The lowest BCUT2D eigenvalue weighted by Gasteiger charge is -2.16. The zero-order valence-electron chi connectivity index (χ0n) is 9.25. The molecule has 0 heterocycles. The molecule has 1 amide bonds. The molecule has 5 heteroatoms. The highest BCUT2D eigenvalue weighted by atomic mass is 35.5. The molecule has 0 aromatic heterocycles. The molecule has 1 unspecified atom stereocenters. The van der Waals surface area contributed by atoms with Gasteiger partial charge < -0.3 is 11.1 Å². The second-order valence-electron chi connectivity index (χ2n) is 4.39. The molecule has 3 N–H and O–H groups in total. The Morgan fingerprint density at radius 1 is 1.53 bits per heavy atom. The lowest BCUT2D eigenvalue weighted by molar-refractivity contribution is -0.120. The van der Waals surface area contributed by atoms with Gasteiger partial charge in [-0.25, -0.2) is 4.39 Å². The maximum atomic E-state index is 13.2. The second-order valence-corrected chi connectivity index (χ2v) is 4.83. The van der Waals surface area contributed by atoms with Crippen LogP contribution in [0.15, 0.2) is 18.2 Å². The van der Waals surface area contributed by atoms with Gasteiger partial charge in [0.1, 0.15) is 11.9 Å². The van der Waals surface area contributed by atoms with Gasteiger partial charge in [-0.05, 0) is 49.1 Å². The van der Waals surface area contributed by atoms with E-state index in [-0.39, 0.29) is 5.02 Å². The van der Waals surface area contributed by atoms with E-state index in [1.165, 1.54) is 25.0 Å². The van der Waals surface area contributed by atoms with Gasteiger partial charge in [-0.3, -0.25) is 4.79 Å². The van der Waals surface area contributed by atoms with Crippen LogP contribution in [0.25, 0.3) is 0 Å². The molecule has 0 saturated heterocycles. The first-order valence-electron chi connectivity index (χ1n) is 5.55. The third-order valence-corrected chi connectivity index (χ3v) is 3.03. The Balaban J connectivity index is 2.14. The monoisotopic (exact) mass is 256 g/mol. The minimum absolute atomic E-state index is 0.263. The van der Waals surface area contributed by atoms with Crippen molar-refractivity contribution in [2.24, 2.45) is 11.7 Å². The van der Waals surface area contributed by atoms with Gasteiger partial charge in [0.25, 0.3) is 0 Å². The van der Waals surface area contributed by atoms with Crippen LogP contribution in [0.1, 0.15) is 24.4 Å². The molecule has 1 fully saturated rings. The molecule has 92 valence electrons. The van der Waals surface area contributed by atoms with Gasteiger partial charge in [0, 0.05) is 5.02 Å². The summed E-state index contributed by atoms with van der Waals surface area (Å²) < 4.78 is 13.2. The molecule has 2 rings (SSSR count). The first kappa shape index (κ1) is 12.3. The van der Waals surface area contributed by atoms with Crippen LogP contribution in [-0.2, 0) is 4.79 Å². The smallest absolute Gasteiger partial charge is 0.239 e. The molecule has 1 saturated carbocycles. The highest BCUT2D eigenvalue weighted by molar-refractivity contribution is 6.30. The summed E-state index contributed by atoms with van der Waals surface area (Å²) in [6.07, 6.45) is 2.34. The van der Waals surface area contributed by atoms with Gasteiger partial charge in [-0.15, -0.1) is 0 Å². The SMILES string of the molecule is NC(=O)C(NCC1CC1)c1cc(F)cc(Cl)c1. The predicted molar refractivity (Wildman–Crippen MR) is 64.1 cm³/mol. The molecule has 0 spiro atoms. The van der Waals surface area contributed by atoms with E-state index < -0.39 is 17.8 Å². The maximum Gasteiger partial charge on any atom is 0.239 e. The molecule has 1 aliphatic rings. The molecule has 1 aromatic carbocycles. The van der Waals surface area contributed by atoms with Crippen molar-refractivity contribution in [2.45, 2.75) is 18.9 Å². The summed E-state index contributed by atoms with van der Waals surface area (Å²) in [4.78, 5) is 11.3. The van der Waals surface area contributed by atoms with Crippen LogP contribution < -0.4 is 11.1 Å². The molecule has 0 aliphatic heterocycles. The minimum atomic E-state index is -0.677. The highest BCUT2D eigenvalue weighted by Crippen LogP contribution is 2.29. The first-order valence-corrected chi connectivity index (χ1v) is 5.93. The molecular weight excluding hydrogens is 243 g/mol. The van der Waals surface area contributed by atoms with Gasteiger partial charge in [0.2, 0.25) is 5.91 Å². The molecule has 1 aliphatic carbocycles. The fourth-order valence-electron chi connectivity index (χ4n) is 1.73. The van der Waals surface area contributed by atoms with Crippen molar-refractivity contribution < 1.29 is 9.18 Å². The molecule has 0 bridgehead atoms. The Hall–Kier alpha value is -1.13. The number of benzene rings is 1. The van der Waals surface area contributed by atoms with Gasteiger partial charge in [0.15, 0.2) is 0 Å². The fraction of sp³-hybridized carbons (Fsp3) is 0.417. The van der Waals surface area contributed by atoms with E-state index in [2.05, 4.69) is 5.32 Å². The Morgan fingerprint density at radius 3 is 2.76 bits per heavy atom. The number of carbonyl (C=O) groups excluding carboxylic acids is 1. The summed E-state index contributed by atoms with van der Waals surface area (Å²) in [6.45, 7) is 0.724. The van der Waals surface area contributed by atoms with E-state index >= 15 is 0 Å². The van der Waals surface area contributed by atoms with Crippen LogP contribution in [0.3, 0.4) is 0 Å². The normalized spacial score (nSPS) is 16.8. The van der Waals surface area contributed by atoms with Crippen LogP contribution in [0.2, 0.25) is 5.02 Å². The second kappa shape index (κ2) is 5.02. The van der Waals surface area contributed by atoms with E-state index in [0.29, 0.717) is 11.5 Å². The van der Waals surface area contributed by atoms with E-state index in [1.807, 2.05) is 0 Å². The number of amides is 1. The van der Waals surface area contributed by atoms with Crippen LogP contribution in [0.4, 0.5) is 4.39 Å². The van der Waals surface area contributed by atoms with E-state index in [0.717, 1.165) is 6.54 Å². The van der Waals surface area contributed by atoms with Crippen LogP contribution in [0, 0.1) is 11.7 Å². The topological polar surface area (TPSA) is 55.1 Å². The summed E-state index contributed by atoms with van der Waals surface area (Å²) in [6, 6.07) is 3.36. The highest BCUT2D eigenvalue weighted by Gasteiger charge is 2.25. The number of nitrogens with one attached hydrogen (secondary N) is 1. The zero-order valence-corrected chi connectivity index (χ0v) is 10.0. The quantitative estimate of drug-likeness (QED) is 0.847. The average Bonchev–Trinajstić information content (AvgIpc) is 2.99. The molecule has 3 nitrogen and oxygen atoms in total. The summed E-state index contributed by atoms with van der Waals surface area (Å²) in [5.41, 5.74) is 5.78. The Labute approximate surface area is 104 Å². The average molecular weight is 257 g/mol. The van der Waals surface area contributed by atoms with Crippen molar-refractivity contribution in [3.8, 4) is 0 Å². The molecule has 0 radical (unpaired) electrons. The Kier molecular flexibility index (Phi) is 3.64. The summed E-state index contributed by atoms with van der Waals surface area (Å²) in [5, 5.41) is 3.32. The molecular formula is C12H14ClFN2O. The third-order valence-electron chi connectivity index (χ3n) is 2.81. The number of primary amides is 1. The van der Waals surface area contributed by atoms with Crippen molar-refractivity contribution in [1.82, 2.24) is 5.32 Å². The number of halogens is 2. The predicted octanol–water partition coefficient (Wildman–Crippen LogP) is 2.01. The van der Waals surface area contributed by atoms with Gasteiger partial charge in [0.05, 0.1) is 0 Å². The van der Waals surface area contributed by atoms with Gasteiger partial charge >= 0.3 is 0 Å². The van der Waals surface area contributed by atoms with Crippen LogP contribution >= 0.6 is 11.6 Å². The van der Waals surface area contributed by atoms with E-state index in [1.54, 1.807) is 6.07 Å².